The van der Waals surface area contributed by atoms with E-state index in [2.05, 4.69) is 12.1 Å². The van der Waals surface area contributed by atoms with Crippen LogP contribution in [0.15, 0.2) is 115 Å². The minimum Gasteiger partial charge on any atom is -0.309 e. The van der Waals surface area contributed by atoms with E-state index in [1.807, 2.05) is 47.9 Å². The van der Waals surface area contributed by atoms with Crippen LogP contribution >= 0.6 is 0 Å². The molecule has 6 aromatic carbocycles. The Labute approximate surface area is 281 Å². The Kier molecular flexibility index (Phi) is 6.88. The Bertz CT molecular complexity index is 2720. The van der Waals surface area contributed by atoms with Crippen molar-refractivity contribution in [3.05, 3.63) is 143 Å². The van der Waals surface area contributed by atoms with Gasteiger partial charge >= 0.3 is 12.4 Å². The van der Waals surface area contributed by atoms with E-state index in [1.54, 1.807) is 54.0 Å². The molecule has 9 heteroatoms. The van der Waals surface area contributed by atoms with Gasteiger partial charge in [-0.25, -0.2) is 0 Å². The number of fused-ring (bicyclic) bond motifs is 6. The van der Waals surface area contributed by atoms with E-state index < -0.39 is 23.5 Å². The molecule has 0 fully saturated rings. The summed E-state index contributed by atoms with van der Waals surface area (Å²) in [5, 5.41) is 13.4. The van der Waals surface area contributed by atoms with Gasteiger partial charge < -0.3 is 9.13 Å². The summed E-state index contributed by atoms with van der Waals surface area (Å²) in [4.78, 5) is 0. The van der Waals surface area contributed by atoms with Crippen molar-refractivity contribution < 1.29 is 26.3 Å². The number of hydrogen-bond acceptors (Lipinski definition) is 1. The molecule has 0 radical (unpaired) electrons. The molecule has 0 saturated carbocycles. The van der Waals surface area contributed by atoms with Crippen molar-refractivity contribution in [3.8, 4) is 28.6 Å². The largest absolute Gasteiger partial charge is 0.416 e. The van der Waals surface area contributed by atoms with E-state index in [9.17, 15) is 31.6 Å². The third-order valence-electron chi connectivity index (χ3n) is 9.26. The average molecular weight is 674 g/mol. The van der Waals surface area contributed by atoms with Gasteiger partial charge in [-0.3, -0.25) is 0 Å². The molecule has 0 bridgehead atoms. The first-order valence-electron chi connectivity index (χ1n) is 15.7. The number of rotatable bonds is 3. The van der Waals surface area contributed by atoms with Crippen LogP contribution in [0.4, 0.5) is 26.3 Å². The van der Waals surface area contributed by atoms with Crippen molar-refractivity contribution in [3.63, 3.8) is 0 Å². The second kappa shape index (κ2) is 11.0. The number of alkyl halides is 6. The molecule has 0 spiro atoms. The molecule has 0 unspecified atom stereocenters. The second-order valence-corrected chi connectivity index (χ2v) is 12.5. The highest BCUT2D eigenvalue weighted by Crippen LogP contribution is 2.43. The van der Waals surface area contributed by atoms with Crippen molar-refractivity contribution in [2.45, 2.75) is 26.2 Å². The van der Waals surface area contributed by atoms with Crippen LogP contribution in [0.2, 0.25) is 0 Å². The molecule has 0 N–H and O–H groups in total. The molecule has 0 atom stereocenters. The summed E-state index contributed by atoms with van der Waals surface area (Å²) < 4.78 is 87.9. The minimum absolute atomic E-state index is 0.188. The van der Waals surface area contributed by atoms with Gasteiger partial charge in [0.05, 0.1) is 50.1 Å². The maximum absolute atomic E-state index is 14.2. The van der Waals surface area contributed by atoms with Crippen LogP contribution < -0.4 is 0 Å². The smallest absolute Gasteiger partial charge is 0.309 e. The molecule has 0 aliphatic rings. The topological polar surface area (TPSA) is 33.6 Å². The first-order chi connectivity index (χ1) is 23.8. The molecule has 2 heterocycles. The normalized spacial score (nSPS) is 12.4. The van der Waals surface area contributed by atoms with Gasteiger partial charge in [-0.1, -0.05) is 54.1 Å². The zero-order chi connectivity index (χ0) is 35.1. The fraction of sp³-hybridized carbons (Fsp3) is 0.0976. The Morgan fingerprint density at radius 1 is 0.500 bits per heavy atom. The lowest BCUT2D eigenvalue weighted by atomic mass is 9.96. The third kappa shape index (κ3) is 4.90. The number of nitrogens with zero attached hydrogens (tertiary/aromatic N) is 3. The molecule has 0 aliphatic carbocycles. The number of aromatic nitrogens is 2. The van der Waals surface area contributed by atoms with Gasteiger partial charge in [0.1, 0.15) is 6.07 Å². The Hall–Kier alpha value is -6.01. The first-order valence-corrected chi connectivity index (χ1v) is 15.7. The predicted molar refractivity (Wildman–Crippen MR) is 185 cm³/mol. The highest BCUT2D eigenvalue weighted by atomic mass is 19.4. The summed E-state index contributed by atoms with van der Waals surface area (Å²) in [5.41, 5.74) is 4.03. The first kappa shape index (κ1) is 31.3. The lowest BCUT2D eigenvalue weighted by Gasteiger charge is -2.20. The maximum Gasteiger partial charge on any atom is 0.416 e. The summed E-state index contributed by atoms with van der Waals surface area (Å²) in [6.45, 7) is 3.58. The predicted octanol–water partition coefficient (Wildman–Crippen LogP) is 12.1. The number of para-hydroxylation sites is 2. The zero-order valence-corrected chi connectivity index (χ0v) is 26.6. The molecule has 50 heavy (non-hydrogen) atoms. The Morgan fingerprint density at radius 2 is 1.06 bits per heavy atom. The van der Waals surface area contributed by atoms with Crippen molar-refractivity contribution in [2.75, 3.05) is 0 Å². The van der Waals surface area contributed by atoms with Crippen LogP contribution in [0.1, 0.15) is 27.8 Å². The van der Waals surface area contributed by atoms with Crippen molar-refractivity contribution >= 4 is 43.6 Å². The van der Waals surface area contributed by atoms with Gasteiger partial charge in [0.15, 0.2) is 0 Å². The molecule has 8 rings (SSSR count). The number of halogens is 6. The van der Waals surface area contributed by atoms with Gasteiger partial charge in [-0.15, -0.1) is 0 Å². The van der Waals surface area contributed by atoms with E-state index in [1.165, 1.54) is 6.07 Å². The lowest BCUT2D eigenvalue weighted by Crippen LogP contribution is -2.07. The van der Waals surface area contributed by atoms with Crippen LogP contribution in [-0.4, -0.2) is 9.13 Å². The van der Waals surface area contributed by atoms with E-state index in [0.29, 0.717) is 44.3 Å². The SMILES string of the molecule is Cc1cc(-c2cc(-n3c4ccccc4c4cc(C(F)(F)F)ccc43)c(C#N)cc2-n2c3ccccc3c3cc(C)ccc32)cc(C(F)(F)F)c1. The molecule has 246 valence electrons. The number of hydrogen-bond donors (Lipinski definition) is 0. The van der Waals surface area contributed by atoms with Gasteiger partial charge in [0, 0.05) is 27.1 Å². The second-order valence-electron chi connectivity index (χ2n) is 12.5. The number of aryl methyl sites for hydroxylation is 2. The van der Waals surface area contributed by atoms with Crippen LogP contribution in [0.3, 0.4) is 0 Å². The van der Waals surface area contributed by atoms with Crippen LogP contribution in [-0.2, 0) is 12.4 Å². The third-order valence-corrected chi connectivity index (χ3v) is 9.26. The summed E-state index contributed by atoms with van der Waals surface area (Å²) >= 11 is 0. The maximum atomic E-state index is 14.2. The fourth-order valence-corrected chi connectivity index (χ4v) is 7.12. The minimum atomic E-state index is -4.62. The van der Waals surface area contributed by atoms with Gasteiger partial charge in [-0.05, 0) is 91.7 Å². The van der Waals surface area contributed by atoms with Crippen LogP contribution in [0, 0.1) is 25.2 Å². The van der Waals surface area contributed by atoms with E-state index in [4.69, 9.17) is 0 Å². The highest BCUT2D eigenvalue weighted by molar-refractivity contribution is 6.11. The standard InChI is InChI=1S/C41H25F6N3/c1-23-11-13-36-32(17-23)29-7-3-6-10-35(29)50(36)39-19-26(22-48)38(21-31(39)25-15-24(2)16-28(18-25)41(45,46)47)49-34-9-5-4-8-30(34)33-20-27(40(42,43)44)12-14-37(33)49/h3-21H,1-2H3. The lowest BCUT2D eigenvalue weighted by molar-refractivity contribution is -0.138. The van der Waals surface area contributed by atoms with Crippen LogP contribution in [0.25, 0.3) is 66.1 Å². The number of benzene rings is 6. The summed E-state index contributed by atoms with van der Waals surface area (Å²) in [7, 11) is 0. The van der Waals surface area contributed by atoms with Gasteiger partial charge in [0.2, 0.25) is 0 Å². The summed E-state index contributed by atoms with van der Waals surface area (Å²) in [6, 6.07) is 33.6. The van der Waals surface area contributed by atoms with Crippen molar-refractivity contribution in [1.82, 2.24) is 9.13 Å². The molecule has 8 aromatic rings. The fourth-order valence-electron chi connectivity index (χ4n) is 7.12. The molecule has 2 aromatic heterocycles. The summed E-state index contributed by atoms with van der Waals surface area (Å²) in [6.07, 6.45) is -9.20. The molecule has 0 amide bonds. The zero-order valence-electron chi connectivity index (χ0n) is 26.6. The summed E-state index contributed by atoms with van der Waals surface area (Å²) in [5.74, 6) is 0. The van der Waals surface area contributed by atoms with E-state index >= 15 is 0 Å². The average Bonchev–Trinajstić information content (AvgIpc) is 3.58. The van der Waals surface area contributed by atoms with Gasteiger partial charge in [0.25, 0.3) is 0 Å². The molecule has 0 saturated heterocycles. The van der Waals surface area contributed by atoms with E-state index in [0.717, 1.165) is 51.6 Å². The molecule has 3 nitrogen and oxygen atoms in total. The Balaban J connectivity index is 1.53. The highest BCUT2D eigenvalue weighted by Gasteiger charge is 2.33. The molecule has 0 aliphatic heterocycles. The Morgan fingerprint density at radius 3 is 1.68 bits per heavy atom. The molecular weight excluding hydrogens is 648 g/mol. The van der Waals surface area contributed by atoms with Crippen LogP contribution in [0.5, 0.6) is 0 Å². The van der Waals surface area contributed by atoms with Crippen molar-refractivity contribution in [2.24, 2.45) is 0 Å². The van der Waals surface area contributed by atoms with Gasteiger partial charge in [-0.2, -0.15) is 31.6 Å². The quantitative estimate of drug-likeness (QED) is 0.172. The molecular formula is C41H25F6N3. The number of nitriles is 1. The monoisotopic (exact) mass is 673 g/mol. The van der Waals surface area contributed by atoms with E-state index in [-0.39, 0.29) is 11.1 Å². The van der Waals surface area contributed by atoms with Crippen molar-refractivity contribution in [1.29, 1.82) is 5.26 Å².